The Hall–Kier alpha value is -0.640. The highest BCUT2D eigenvalue weighted by Crippen LogP contribution is 2.37. The van der Waals surface area contributed by atoms with E-state index in [0.29, 0.717) is 11.7 Å². The molecule has 20 heavy (non-hydrogen) atoms. The summed E-state index contributed by atoms with van der Waals surface area (Å²) in [5.41, 5.74) is 7.11. The molecule has 2 N–H and O–H groups in total. The molecule has 0 bridgehead atoms. The molecule has 2 rings (SSSR count). The summed E-state index contributed by atoms with van der Waals surface area (Å²) in [6.07, 6.45) is 9.80. The first-order valence-corrected chi connectivity index (χ1v) is 8.76. The van der Waals surface area contributed by atoms with E-state index in [4.69, 9.17) is 10.7 Å². The highest BCUT2D eigenvalue weighted by atomic mass is 79.9. The Morgan fingerprint density at radius 2 is 1.80 bits per heavy atom. The first-order chi connectivity index (χ1) is 9.65. The number of aryl methyl sites for hydroxylation is 1. The smallest absolute Gasteiger partial charge is 0.141 e. The monoisotopic (exact) mass is 339 g/mol. The predicted molar refractivity (Wildman–Crippen MR) is 87.7 cm³/mol. The van der Waals surface area contributed by atoms with Crippen molar-refractivity contribution in [2.45, 2.75) is 71.1 Å². The largest absolute Gasteiger partial charge is 0.383 e. The molecule has 0 amide bonds. The van der Waals surface area contributed by atoms with Crippen molar-refractivity contribution >= 4 is 21.7 Å². The zero-order chi connectivity index (χ0) is 14.5. The van der Waals surface area contributed by atoms with Gasteiger partial charge in [0.15, 0.2) is 0 Å². The molecular formula is C16H26BrN3. The summed E-state index contributed by atoms with van der Waals surface area (Å²) < 4.78 is 0.891. The molecule has 1 aliphatic carbocycles. The Kier molecular flexibility index (Phi) is 5.82. The van der Waals surface area contributed by atoms with Crippen molar-refractivity contribution in [3.63, 3.8) is 0 Å². The molecule has 0 aliphatic heterocycles. The quantitative estimate of drug-likeness (QED) is 0.834. The zero-order valence-corrected chi connectivity index (χ0v) is 14.2. The van der Waals surface area contributed by atoms with E-state index in [2.05, 4.69) is 34.8 Å². The van der Waals surface area contributed by atoms with Crippen molar-refractivity contribution in [3.8, 4) is 0 Å². The standard InChI is InChI=1S/C16H26BrN3/c1-3-5-11-7-9-12(10-8-11)16-19-13(6-4-2)14(17)15(18)20-16/h11-12H,3-10H2,1-2H3,(H2,18,19,20). The highest BCUT2D eigenvalue weighted by Gasteiger charge is 2.25. The van der Waals surface area contributed by atoms with Crippen LogP contribution in [0.3, 0.4) is 0 Å². The van der Waals surface area contributed by atoms with Crippen LogP contribution >= 0.6 is 15.9 Å². The van der Waals surface area contributed by atoms with Gasteiger partial charge in [-0.25, -0.2) is 9.97 Å². The molecule has 112 valence electrons. The van der Waals surface area contributed by atoms with Gasteiger partial charge >= 0.3 is 0 Å². The fourth-order valence-corrected chi connectivity index (χ4v) is 3.61. The van der Waals surface area contributed by atoms with Crippen molar-refractivity contribution in [1.29, 1.82) is 0 Å². The molecule has 1 saturated carbocycles. The highest BCUT2D eigenvalue weighted by molar-refractivity contribution is 9.10. The lowest BCUT2D eigenvalue weighted by molar-refractivity contribution is 0.302. The minimum Gasteiger partial charge on any atom is -0.383 e. The van der Waals surface area contributed by atoms with E-state index in [1.165, 1.54) is 38.5 Å². The van der Waals surface area contributed by atoms with E-state index in [0.717, 1.165) is 34.8 Å². The van der Waals surface area contributed by atoms with Crippen LogP contribution in [-0.2, 0) is 6.42 Å². The van der Waals surface area contributed by atoms with Crippen LogP contribution in [0.15, 0.2) is 4.47 Å². The van der Waals surface area contributed by atoms with Gasteiger partial charge in [0.05, 0.1) is 10.2 Å². The molecule has 4 heteroatoms. The molecule has 0 spiro atoms. The van der Waals surface area contributed by atoms with E-state index in [9.17, 15) is 0 Å². The summed E-state index contributed by atoms with van der Waals surface area (Å²) in [5, 5.41) is 0. The summed E-state index contributed by atoms with van der Waals surface area (Å²) in [7, 11) is 0. The van der Waals surface area contributed by atoms with Gasteiger partial charge in [-0.15, -0.1) is 0 Å². The molecule has 0 saturated heterocycles. The average Bonchev–Trinajstić information content (AvgIpc) is 2.45. The summed E-state index contributed by atoms with van der Waals surface area (Å²) >= 11 is 3.52. The minimum atomic E-state index is 0.508. The topological polar surface area (TPSA) is 51.8 Å². The zero-order valence-electron chi connectivity index (χ0n) is 12.7. The van der Waals surface area contributed by atoms with Gasteiger partial charge < -0.3 is 5.73 Å². The Morgan fingerprint density at radius 1 is 1.10 bits per heavy atom. The van der Waals surface area contributed by atoms with E-state index in [1.54, 1.807) is 0 Å². The minimum absolute atomic E-state index is 0.508. The Bertz CT molecular complexity index is 440. The third-order valence-corrected chi connectivity index (χ3v) is 5.22. The number of nitrogen functional groups attached to an aromatic ring is 1. The molecule has 1 heterocycles. The van der Waals surface area contributed by atoms with Gasteiger partial charge in [0, 0.05) is 5.92 Å². The third-order valence-electron chi connectivity index (χ3n) is 4.36. The van der Waals surface area contributed by atoms with Crippen LogP contribution in [0.2, 0.25) is 0 Å². The number of rotatable bonds is 5. The van der Waals surface area contributed by atoms with Crippen LogP contribution in [-0.4, -0.2) is 9.97 Å². The normalized spacial score (nSPS) is 22.9. The fourth-order valence-electron chi connectivity index (χ4n) is 3.24. The molecule has 1 aromatic heterocycles. The van der Waals surface area contributed by atoms with Crippen molar-refractivity contribution in [3.05, 3.63) is 16.0 Å². The molecule has 0 aromatic carbocycles. The second-order valence-electron chi connectivity index (χ2n) is 5.98. The van der Waals surface area contributed by atoms with Crippen molar-refractivity contribution in [1.82, 2.24) is 9.97 Å². The Morgan fingerprint density at radius 3 is 2.40 bits per heavy atom. The number of anilines is 1. The van der Waals surface area contributed by atoms with Crippen LogP contribution in [0.25, 0.3) is 0 Å². The van der Waals surface area contributed by atoms with Gasteiger partial charge in [-0.1, -0.05) is 33.1 Å². The van der Waals surface area contributed by atoms with E-state index in [-0.39, 0.29) is 0 Å². The van der Waals surface area contributed by atoms with E-state index < -0.39 is 0 Å². The molecule has 1 aliphatic rings. The number of nitrogens with two attached hydrogens (primary N) is 1. The summed E-state index contributed by atoms with van der Waals surface area (Å²) in [6, 6.07) is 0. The molecule has 0 unspecified atom stereocenters. The number of halogens is 1. The number of hydrogen-bond donors (Lipinski definition) is 1. The Balaban J connectivity index is 2.09. The SMILES string of the molecule is CCCc1nc(C2CCC(CCC)CC2)nc(N)c1Br. The van der Waals surface area contributed by atoms with Gasteiger partial charge in [0.1, 0.15) is 11.6 Å². The number of nitrogens with zero attached hydrogens (tertiary/aromatic N) is 2. The lowest BCUT2D eigenvalue weighted by Crippen LogP contribution is -2.17. The van der Waals surface area contributed by atoms with Crippen LogP contribution in [0.4, 0.5) is 5.82 Å². The van der Waals surface area contributed by atoms with Crippen molar-refractivity contribution in [2.75, 3.05) is 5.73 Å². The predicted octanol–water partition coefficient (Wildman–Crippen LogP) is 4.85. The first-order valence-electron chi connectivity index (χ1n) is 7.97. The maximum atomic E-state index is 6.04. The number of hydrogen-bond acceptors (Lipinski definition) is 3. The molecule has 0 radical (unpaired) electrons. The van der Waals surface area contributed by atoms with Gasteiger partial charge in [-0.2, -0.15) is 0 Å². The second kappa shape index (κ2) is 7.39. The molecule has 1 aromatic rings. The lowest BCUT2D eigenvalue weighted by Gasteiger charge is -2.27. The second-order valence-corrected chi connectivity index (χ2v) is 6.78. The third kappa shape index (κ3) is 3.72. The lowest BCUT2D eigenvalue weighted by atomic mass is 9.80. The van der Waals surface area contributed by atoms with Gasteiger partial charge in [-0.05, 0) is 54.0 Å². The van der Waals surface area contributed by atoms with Crippen LogP contribution in [0, 0.1) is 5.92 Å². The van der Waals surface area contributed by atoms with E-state index >= 15 is 0 Å². The van der Waals surface area contributed by atoms with E-state index in [1.807, 2.05) is 0 Å². The average molecular weight is 340 g/mol. The first kappa shape index (κ1) is 15.7. The van der Waals surface area contributed by atoms with Crippen LogP contribution in [0.1, 0.15) is 76.2 Å². The number of aromatic nitrogens is 2. The van der Waals surface area contributed by atoms with Gasteiger partial charge in [0.2, 0.25) is 0 Å². The summed E-state index contributed by atoms with van der Waals surface area (Å²) in [6.45, 7) is 4.45. The Labute approximate surface area is 130 Å². The summed E-state index contributed by atoms with van der Waals surface area (Å²) in [5.74, 6) is 3.01. The molecular weight excluding hydrogens is 314 g/mol. The summed E-state index contributed by atoms with van der Waals surface area (Å²) in [4.78, 5) is 9.31. The van der Waals surface area contributed by atoms with Gasteiger partial charge in [0.25, 0.3) is 0 Å². The van der Waals surface area contributed by atoms with Crippen LogP contribution < -0.4 is 5.73 Å². The molecule has 0 atom stereocenters. The van der Waals surface area contributed by atoms with Crippen molar-refractivity contribution in [2.24, 2.45) is 5.92 Å². The van der Waals surface area contributed by atoms with Crippen LogP contribution in [0.5, 0.6) is 0 Å². The van der Waals surface area contributed by atoms with Gasteiger partial charge in [-0.3, -0.25) is 0 Å². The fraction of sp³-hybridized carbons (Fsp3) is 0.750. The van der Waals surface area contributed by atoms with Crippen molar-refractivity contribution < 1.29 is 0 Å². The molecule has 1 fully saturated rings. The molecule has 3 nitrogen and oxygen atoms in total. The maximum absolute atomic E-state index is 6.04. The maximum Gasteiger partial charge on any atom is 0.141 e.